The van der Waals surface area contributed by atoms with Crippen LogP contribution in [0.5, 0.6) is 0 Å². The number of H-pyrrole nitrogens is 1. The van der Waals surface area contributed by atoms with E-state index in [2.05, 4.69) is 20.2 Å². The summed E-state index contributed by atoms with van der Waals surface area (Å²) in [6.45, 7) is 0. The molecule has 0 amide bonds. The fraction of sp³-hybridized carbons (Fsp3) is 0.364. The van der Waals surface area contributed by atoms with Crippen LogP contribution in [0.15, 0.2) is 18.5 Å². The largest absolute Gasteiger partial charge is 0.345 e. The van der Waals surface area contributed by atoms with E-state index in [1.165, 1.54) is 0 Å². The summed E-state index contributed by atoms with van der Waals surface area (Å²) < 4.78 is 27.7. The Morgan fingerprint density at radius 3 is 2.94 bits per heavy atom. The predicted molar refractivity (Wildman–Crippen MR) is 59.6 cm³/mol. The molecule has 3 heterocycles. The SMILES string of the molecule is FC1(F)CC(c2nnc3cnc4[nH]ccc4n23)C1. The van der Waals surface area contributed by atoms with Crippen LogP contribution in [0, 0.1) is 0 Å². The van der Waals surface area contributed by atoms with Gasteiger partial charge in [0, 0.05) is 25.0 Å². The summed E-state index contributed by atoms with van der Waals surface area (Å²) >= 11 is 0. The first-order chi connectivity index (χ1) is 8.64. The van der Waals surface area contributed by atoms with Crippen molar-refractivity contribution in [1.29, 1.82) is 0 Å². The van der Waals surface area contributed by atoms with Gasteiger partial charge in [0.1, 0.15) is 5.82 Å². The molecule has 1 aliphatic carbocycles. The molecule has 0 saturated heterocycles. The smallest absolute Gasteiger partial charge is 0.249 e. The van der Waals surface area contributed by atoms with Gasteiger partial charge in [0.15, 0.2) is 11.3 Å². The van der Waals surface area contributed by atoms with Crippen molar-refractivity contribution in [2.45, 2.75) is 24.7 Å². The molecule has 3 aromatic rings. The summed E-state index contributed by atoms with van der Waals surface area (Å²) in [5, 5.41) is 8.03. The summed E-state index contributed by atoms with van der Waals surface area (Å²) in [4.78, 5) is 7.17. The Morgan fingerprint density at radius 2 is 2.17 bits per heavy atom. The number of fused-ring (bicyclic) bond motifs is 3. The number of halogens is 2. The molecule has 18 heavy (non-hydrogen) atoms. The Hall–Kier alpha value is -2.05. The van der Waals surface area contributed by atoms with Gasteiger partial charge in [0.25, 0.3) is 0 Å². The van der Waals surface area contributed by atoms with Gasteiger partial charge in [-0.15, -0.1) is 10.2 Å². The molecule has 0 aromatic carbocycles. The first kappa shape index (κ1) is 9.93. The van der Waals surface area contributed by atoms with E-state index < -0.39 is 5.92 Å². The molecule has 1 saturated carbocycles. The van der Waals surface area contributed by atoms with Crippen molar-refractivity contribution in [3.8, 4) is 0 Å². The number of nitrogens with one attached hydrogen (secondary N) is 1. The molecule has 4 rings (SSSR count). The zero-order valence-electron chi connectivity index (χ0n) is 9.27. The highest BCUT2D eigenvalue weighted by atomic mass is 19.3. The summed E-state index contributed by atoms with van der Waals surface area (Å²) in [6.07, 6.45) is 3.05. The summed E-state index contributed by atoms with van der Waals surface area (Å²) in [6, 6.07) is 1.85. The first-order valence-electron chi connectivity index (χ1n) is 5.69. The maximum absolute atomic E-state index is 13.0. The van der Waals surface area contributed by atoms with Crippen LogP contribution in [0.1, 0.15) is 24.6 Å². The van der Waals surface area contributed by atoms with Crippen LogP contribution in [-0.4, -0.2) is 30.5 Å². The van der Waals surface area contributed by atoms with Crippen LogP contribution < -0.4 is 0 Å². The maximum Gasteiger partial charge on any atom is 0.249 e. The van der Waals surface area contributed by atoms with Gasteiger partial charge < -0.3 is 4.98 Å². The quantitative estimate of drug-likeness (QED) is 0.718. The molecule has 3 aromatic heterocycles. The number of alkyl halides is 2. The summed E-state index contributed by atoms with van der Waals surface area (Å²) in [7, 11) is 0. The van der Waals surface area contributed by atoms with E-state index in [9.17, 15) is 8.78 Å². The van der Waals surface area contributed by atoms with Gasteiger partial charge in [0.2, 0.25) is 5.92 Å². The highest BCUT2D eigenvalue weighted by Crippen LogP contribution is 2.47. The molecule has 5 nitrogen and oxygen atoms in total. The Kier molecular flexibility index (Phi) is 1.68. The second-order valence-electron chi connectivity index (χ2n) is 4.68. The van der Waals surface area contributed by atoms with Gasteiger partial charge in [-0.3, -0.25) is 4.40 Å². The molecule has 92 valence electrons. The fourth-order valence-electron chi connectivity index (χ4n) is 2.51. The third-order valence-electron chi connectivity index (χ3n) is 3.42. The minimum atomic E-state index is -2.55. The second kappa shape index (κ2) is 3.04. The molecule has 0 aliphatic heterocycles. The molecule has 1 N–H and O–H groups in total. The third-order valence-corrected chi connectivity index (χ3v) is 3.42. The van der Waals surface area contributed by atoms with E-state index in [1.807, 2.05) is 6.07 Å². The van der Waals surface area contributed by atoms with E-state index >= 15 is 0 Å². The van der Waals surface area contributed by atoms with Gasteiger partial charge in [0.05, 0.1) is 11.7 Å². The van der Waals surface area contributed by atoms with Crippen molar-refractivity contribution in [2.24, 2.45) is 0 Å². The molecular weight excluding hydrogens is 240 g/mol. The topological polar surface area (TPSA) is 58.9 Å². The molecule has 0 radical (unpaired) electrons. The normalized spacial score (nSPS) is 19.4. The Labute approximate surface area is 99.9 Å². The number of nitrogens with zero attached hydrogens (tertiary/aromatic N) is 4. The molecule has 0 atom stereocenters. The Morgan fingerprint density at radius 1 is 1.33 bits per heavy atom. The minimum absolute atomic E-state index is 0.151. The van der Waals surface area contributed by atoms with Crippen LogP contribution in [0.3, 0.4) is 0 Å². The van der Waals surface area contributed by atoms with Crippen LogP contribution in [0.2, 0.25) is 0 Å². The van der Waals surface area contributed by atoms with Gasteiger partial charge in [-0.25, -0.2) is 13.8 Å². The Bertz CT molecular complexity index is 736. The molecule has 7 heteroatoms. The van der Waals surface area contributed by atoms with Gasteiger partial charge in [-0.1, -0.05) is 0 Å². The number of aromatic nitrogens is 5. The summed E-state index contributed by atoms with van der Waals surface area (Å²) in [5.74, 6) is -2.18. The van der Waals surface area contributed by atoms with E-state index in [0.29, 0.717) is 17.1 Å². The van der Waals surface area contributed by atoms with Crippen LogP contribution >= 0.6 is 0 Å². The van der Waals surface area contributed by atoms with E-state index in [4.69, 9.17) is 0 Å². The van der Waals surface area contributed by atoms with Crippen molar-refractivity contribution in [1.82, 2.24) is 24.6 Å². The fourth-order valence-corrected chi connectivity index (χ4v) is 2.51. The van der Waals surface area contributed by atoms with E-state index in [-0.39, 0.29) is 18.8 Å². The number of rotatable bonds is 1. The standard InChI is InChI=1S/C11H9F2N5/c12-11(13)3-6(4-11)10-17-16-8-5-15-9-7(18(8)10)1-2-14-9/h1-2,5-6,14H,3-4H2. The minimum Gasteiger partial charge on any atom is -0.345 e. The third kappa shape index (κ3) is 1.21. The van der Waals surface area contributed by atoms with Crippen LogP contribution in [0.25, 0.3) is 16.8 Å². The molecule has 0 bridgehead atoms. The number of hydrogen-bond acceptors (Lipinski definition) is 3. The van der Waals surface area contributed by atoms with Crippen molar-refractivity contribution in [3.63, 3.8) is 0 Å². The van der Waals surface area contributed by atoms with E-state index in [0.717, 1.165) is 5.52 Å². The highest BCUT2D eigenvalue weighted by molar-refractivity contribution is 5.74. The average molecular weight is 249 g/mol. The van der Waals surface area contributed by atoms with Crippen molar-refractivity contribution in [2.75, 3.05) is 0 Å². The second-order valence-corrected chi connectivity index (χ2v) is 4.68. The maximum atomic E-state index is 13.0. The van der Waals surface area contributed by atoms with E-state index in [1.54, 1.807) is 16.8 Å². The lowest BCUT2D eigenvalue weighted by atomic mass is 9.81. The molecular formula is C11H9F2N5. The summed E-state index contributed by atoms with van der Waals surface area (Å²) in [5.41, 5.74) is 2.12. The van der Waals surface area contributed by atoms with Crippen LogP contribution in [0.4, 0.5) is 8.78 Å². The Balaban J connectivity index is 1.93. The van der Waals surface area contributed by atoms with Crippen LogP contribution in [-0.2, 0) is 0 Å². The zero-order valence-corrected chi connectivity index (χ0v) is 9.27. The lowest BCUT2D eigenvalue weighted by molar-refractivity contribution is -0.0886. The van der Waals surface area contributed by atoms with Crippen molar-refractivity contribution < 1.29 is 8.78 Å². The van der Waals surface area contributed by atoms with Crippen molar-refractivity contribution in [3.05, 3.63) is 24.3 Å². The molecule has 1 aliphatic rings. The van der Waals surface area contributed by atoms with Gasteiger partial charge in [-0.05, 0) is 6.07 Å². The predicted octanol–water partition coefficient (Wildman–Crippen LogP) is 2.12. The van der Waals surface area contributed by atoms with Crippen molar-refractivity contribution >= 4 is 16.8 Å². The van der Waals surface area contributed by atoms with Gasteiger partial charge in [-0.2, -0.15) is 0 Å². The highest BCUT2D eigenvalue weighted by Gasteiger charge is 2.48. The van der Waals surface area contributed by atoms with Gasteiger partial charge >= 0.3 is 0 Å². The lowest BCUT2D eigenvalue weighted by Crippen LogP contribution is -2.34. The first-order valence-corrected chi connectivity index (χ1v) is 5.69. The monoisotopic (exact) mass is 249 g/mol. The molecule has 0 spiro atoms. The molecule has 1 fully saturated rings. The zero-order chi connectivity index (χ0) is 12.3. The molecule has 0 unspecified atom stereocenters. The number of hydrogen-bond donors (Lipinski definition) is 1. The lowest BCUT2D eigenvalue weighted by Gasteiger charge is -2.33. The average Bonchev–Trinajstić information content (AvgIpc) is 2.91. The number of aromatic amines is 1.